The summed E-state index contributed by atoms with van der Waals surface area (Å²) >= 11 is 0. The molecule has 58 valence electrons. The topological polar surface area (TPSA) is 46.5 Å². The van der Waals surface area contributed by atoms with Gasteiger partial charge in [0, 0.05) is 4.57 Å². The van der Waals surface area contributed by atoms with Gasteiger partial charge in [0.1, 0.15) is 0 Å². The molecule has 0 radical (unpaired) electrons. The van der Waals surface area contributed by atoms with Crippen molar-refractivity contribution in [1.82, 2.24) is 0 Å². The highest BCUT2D eigenvalue weighted by Crippen LogP contribution is 2.22. The Hall–Kier alpha value is -0.920. The molecule has 3 nitrogen and oxygen atoms in total. The highest BCUT2D eigenvalue weighted by molar-refractivity contribution is 7.32. The molecule has 1 aromatic rings. The van der Waals surface area contributed by atoms with E-state index in [0.29, 0.717) is 5.75 Å². The van der Waals surface area contributed by atoms with Gasteiger partial charge in [0.05, 0.1) is 0 Å². The van der Waals surface area contributed by atoms with E-state index in [1.807, 2.05) is 13.0 Å². The minimum Gasteiger partial charge on any atom is -0.229 e. The van der Waals surface area contributed by atoms with E-state index < -0.39 is 8.25 Å². The fourth-order valence-corrected chi connectivity index (χ4v) is 1.06. The number of hydrogen-bond donors (Lipinski definition) is 1. The molecule has 1 unspecified atom stereocenters. The van der Waals surface area contributed by atoms with Crippen LogP contribution >= 0.6 is 8.25 Å². The maximum Gasteiger partial charge on any atom is 0.747 e. The van der Waals surface area contributed by atoms with Crippen LogP contribution in [0, 0.1) is 6.92 Å². The highest BCUT2D eigenvalue weighted by Gasteiger charge is 2.13. The largest absolute Gasteiger partial charge is 0.747 e. The number of rotatable bonds is 2. The van der Waals surface area contributed by atoms with Gasteiger partial charge in [-0.05, 0) is 24.6 Å². The third kappa shape index (κ3) is 2.66. The van der Waals surface area contributed by atoms with Crippen LogP contribution in [0.15, 0.2) is 24.3 Å². The first-order valence-corrected chi connectivity index (χ1v) is 4.22. The van der Waals surface area contributed by atoms with Crippen molar-refractivity contribution in [2.24, 2.45) is 0 Å². The molecule has 1 rings (SSSR count). The monoisotopic (exact) mass is 171 g/mol. The van der Waals surface area contributed by atoms with Crippen LogP contribution in [0.1, 0.15) is 5.56 Å². The molecule has 0 amide bonds. The second kappa shape index (κ2) is 3.46. The molecule has 4 heteroatoms. The van der Waals surface area contributed by atoms with Crippen LogP contribution < -0.4 is 4.52 Å². The summed E-state index contributed by atoms with van der Waals surface area (Å²) in [7, 11) is -2.54. The minimum absolute atomic E-state index is 0.425. The molecule has 0 heterocycles. The lowest BCUT2D eigenvalue weighted by atomic mass is 10.2. The van der Waals surface area contributed by atoms with E-state index in [4.69, 9.17) is 4.89 Å². The van der Waals surface area contributed by atoms with Crippen molar-refractivity contribution in [1.29, 1.82) is 0 Å². The van der Waals surface area contributed by atoms with Crippen molar-refractivity contribution in [3.05, 3.63) is 29.8 Å². The first-order chi connectivity index (χ1) is 5.18. The lowest BCUT2D eigenvalue weighted by Crippen LogP contribution is -1.80. The Morgan fingerprint density at radius 1 is 1.55 bits per heavy atom. The van der Waals surface area contributed by atoms with Gasteiger partial charge in [-0.25, -0.2) is 4.52 Å². The second-order valence-electron chi connectivity index (χ2n) is 2.15. The maximum absolute atomic E-state index is 10.2. The summed E-state index contributed by atoms with van der Waals surface area (Å²) < 4.78 is 14.8. The third-order valence-electron chi connectivity index (χ3n) is 1.17. The molecule has 0 aliphatic rings. The van der Waals surface area contributed by atoms with Crippen LogP contribution in [0.3, 0.4) is 0 Å². The molecule has 0 spiro atoms. The lowest BCUT2D eigenvalue weighted by molar-refractivity contribution is 0.410. The molecule has 1 N–H and O–H groups in total. The predicted octanol–water partition coefficient (Wildman–Crippen LogP) is 2.02. The van der Waals surface area contributed by atoms with Crippen LogP contribution in [0.2, 0.25) is 0 Å². The second-order valence-corrected chi connectivity index (χ2v) is 2.80. The first-order valence-electron chi connectivity index (χ1n) is 3.09. The van der Waals surface area contributed by atoms with Gasteiger partial charge in [0.2, 0.25) is 0 Å². The van der Waals surface area contributed by atoms with E-state index in [1.54, 1.807) is 18.2 Å². The molecule has 0 aliphatic heterocycles. The summed E-state index contributed by atoms with van der Waals surface area (Å²) in [5.74, 6) is 0.425. The van der Waals surface area contributed by atoms with Crippen LogP contribution in [0.5, 0.6) is 5.75 Å². The van der Waals surface area contributed by atoms with Crippen molar-refractivity contribution in [2.75, 3.05) is 0 Å². The van der Waals surface area contributed by atoms with Crippen molar-refractivity contribution in [3.63, 3.8) is 0 Å². The van der Waals surface area contributed by atoms with Crippen molar-refractivity contribution < 1.29 is 14.0 Å². The Morgan fingerprint density at radius 3 is 2.82 bits per heavy atom. The number of benzene rings is 1. The standard InChI is InChI=1S/C7H7O3P/c1-6-3-2-4-7(5-6)10-11(8)9/h2-5H,1H3/p+1. The zero-order chi connectivity index (χ0) is 8.27. The van der Waals surface area contributed by atoms with E-state index in [2.05, 4.69) is 4.52 Å². The normalized spacial score (nSPS) is 10.9. The maximum atomic E-state index is 10.2. The van der Waals surface area contributed by atoms with Crippen LogP contribution in [0.25, 0.3) is 0 Å². The van der Waals surface area contributed by atoms with Gasteiger partial charge in [-0.2, -0.15) is 0 Å². The quantitative estimate of drug-likeness (QED) is 0.692. The number of hydrogen-bond acceptors (Lipinski definition) is 2. The zero-order valence-corrected chi connectivity index (χ0v) is 6.91. The summed E-state index contributed by atoms with van der Waals surface area (Å²) in [6.07, 6.45) is 0. The van der Waals surface area contributed by atoms with E-state index in [-0.39, 0.29) is 0 Å². The first kappa shape index (κ1) is 8.18. The Bertz CT molecular complexity index is 272. The minimum atomic E-state index is -2.54. The molecule has 11 heavy (non-hydrogen) atoms. The molecule has 0 aliphatic carbocycles. The molecular formula is C7H8O3P+. The van der Waals surface area contributed by atoms with E-state index >= 15 is 0 Å². The number of aryl methyl sites for hydroxylation is 1. The van der Waals surface area contributed by atoms with Gasteiger partial charge in [-0.15, -0.1) is 4.89 Å². The third-order valence-corrected chi connectivity index (χ3v) is 1.54. The van der Waals surface area contributed by atoms with Crippen LogP contribution in [-0.2, 0) is 4.57 Å². The fourth-order valence-electron chi connectivity index (χ4n) is 0.762. The van der Waals surface area contributed by atoms with Gasteiger partial charge in [-0.3, -0.25) is 0 Å². The summed E-state index contributed by atoms with van der Waals surface area (Å²) in [5, 5.41) is 0. The molecule has 0 bridgehead atoms. The van der Waals surface area contributed by atoms with Gasteiger partial charge in [0.15, 0.2) is 5.75 Å². The zero-order valence-electron chi connectivity index (χ0n) is 6.02. The van der Waals surface area contributed by atoms with E-state index in [1.165, 1.54) is 0 Å². The van der Waals surface area contributed by atoms with Crippen LogP contribution in [-0.4, -0.2) is 4.89 Å². The van der Waals surface area contributed by atoms with Crippen molar-refractivity contribution >= 4 is 8.25 Å². The fraction of sp³-hybridized carbons (Fsp3) is 0.143. The van der Waals surface area contributed by atoms with Crippen molar-refractivity contribution in [3.8, 4) is 5.75 Å². The summed E-state index contributed by atoms with van der Waals surface area (Å²) in [5.41, 5.74) is 0.999. The molecule has 0 saturated heterocycles. The Kier molecular flexibility index (Phi) is 2.58. The molecule has 0 saturated carbocycles. The Morgan fingerprint density at radius 2 is 2.27 bits per heavy atom. The van der Waals surface area contributed by atoms with Crippen molar-refractivity contribution in [2.45, 2.75) is 6.92 Å². The Balaban J connectivity index is 2.79. The molecule has 0 fully saturated rings. The lowest BCUT2D eigenvalue weighted by Gasteiger charge is -1.91. The average molecular weight is 171 g/mol. The van der Waals surface area contributed by atoms with E-state index in [0.717, 1.165) is 5.56 Å². The molecule has 1 aromatic carbocycles. The SMILES string of the molecule is Cc1cccc(O[P+](=O)O)c1. The summed E-state index contributed by atoms with van der Waals surface area (Å²) in [6.45, 7) is 1.89. The molecule has 0 aromatic heterocycles. The van der Waals surface area contributed by atoms with Gasteiger partial charge in [-0.1, -0.05) is 12.1 Å². The van der Waals surface area contributed by atoms with Crippen LogP contribution in [0.4, 0.5) is 0 Å². The smallest absolute Gasteiger partial charge is 0.229 e. The van der Waals surface area contributed by atoms with E-state index in [9.17, 15) is 4.57 Å². The molecular weight excluding hydrogens is 163 g/mol. The van der Waals surface area contributed by atoms with Gasteiger partial charge < -0.3 is 0 Å². The summed E-state index contributed by atoms with van der Waals surface area (Å²) in [4.78, 5) is 8.38. The molecule has 1 atom stereocenters. The average Bonchev–Trinajstić information content (AvgIpc) is 1.85. The Labute approximate surface area is 65.6 Å². The predicted molar refractivity (Wildman–Crippen MR) is 41.6 cm³/mol. The highest BCUT2D eigenvalue weighted by atomic mass is 31.1. The van der Waals surface area contributed by atoms with Gasteiger partial charge in [0.25, 0.3) is 0 Å². The van der Waals surface area contributed by atoms with Gasteiger partial charge >= 0.3 is 8.25 Å². The summed E-state index contributed by atoms with van der Waals surface area (Å²) in [6, 6.07) is 6.99.